The number of benzene rings is 1. The van der Waals surface area contributed by atoms with Crippen molar-refractivity contribution in [1.82, 2.24) is 5.32 Å². The van der Waals surface area contributed by atoms with E-state index >= 15 is 0 Å². The van der Waals surface area contributed by atoms with Crippen LogP contribution in [0.1, 0.15) is 12.5 Å². The predicted octanol–water partition coefficient (Wildman–Crippen LogP) is 1.82. The van der Waals surface area contributed by atoms with Crippen LogP contribution in [0.25, 0.3) is 0 Å². The maximum atomic E-state index is 12.8. The minimum Gasteiger partial charge on any atom is -0.311 e. The third-order valence-corrected chi connectivity index (χ3v) is 3.61. The van der Waals surface area contributed by atoms with Gasteiger partial charge in [-0.2, -0.15) is 0 Å². The van der Waals surface area contributed by atoms with E-state index in [4.69, 9.17) is 0 Å². The molecule has 0 aliphatic carbocycles. The molecule has 0 bridgehead atoms. The van der Waals surface area contributed by atoms with Crippen LogP contribution in [0.3, 0.4) is 0 Å². The molecule has 2 nitrogen and oxygen atoms in total. The molecular weight excluding hydrogens is 232 g/mol. The Kier molecular flexibility index (Phi) is 5.02. The molecule has 0 heterocycles. The van der Waals surface area contributed by atoms with E-state index in [1.165, 1.54) is 6.07 Å². The summed E-state index contributed by atoms with van der Waals surface area (Å²) in [5.74, 6) is -1.68. The van der Waals surface area contributed by atoms with E-state index in [2.05, 4.69) is 5.32 Å². The molecule has 90 valence electrons. The zero-order valence-corrected chi connectivity index (χ0v) is 10.1. The van der Waals surface area contributed by atoms with E-state index in [1.54, 1.807) is 6.26 Å². The summed E-state index contributed by atoms with van der Waals surface area (Å²) in [6.07, 6.45) is 1.64. The fraction of sp³-hybridized carbons (Fsp3) is 0.455. The summed E-state index contributed by atoms with van der Waals surface area (Å²) >= 11 is 0. The van der Waals surface area contributed by atoms with Gasteiger partial charge in [-0.1, -0.05) is 6.07 Å². The van der Waals surface area contributed by atoms with Gasteiger partial charge in [0.1, 0.15) is 0 Å². The summed E-state index contributed by atoms with van der Waals surface area (Å²) < 4.78 is 36.5. The van der Waals surface area contributed by atoms with Gasteiger partial charge in [0.25, 0.3) is 0 Å². The zero-order valence-electron chi connectivity index (χ0n) is 9.30. The predicted molar refractivity (Wildman–Crippen MR) is 61.6 cm³/mol. The van der Waals surface area contributed by atoms with E-state index in [0.717, 1.165) is 12.1 Å². The average molecular weight is 247 g/mol. The van der Waals surface area contributed by atoms with Gasteiger partial charge in [0.2, 0.25) is 0 Å². The maximum absolute atomic E-state index is 12.8. The number of halogens is 2. The molecule has 0 aliphatic heterocycles. The van der Waals surface area contributed by atoms with Crippen molar-refractivity contribution in [2.45, 2.75) is 18.7 Å². The molecule has 1 aromatic carbocycles. The molecule has 0 aliphatic rings. The second-order valence-electron chi connectivity index (χ2n) is 3.69. The SMILES string of the molecule is CC(CNCc1ccc(F)c(F)c1)S(C)=O. The van der Waals surface area contributed by atoms with Gasteiger partial charge in [-0.3, -0.25) is 4.21 Å². The van der Waals surface area contributed by atoms with Crippen molar-refractivity contribution in [1.29, 1.82) is 0 Å². The lowest BCUT2D eigenvalue weighted by Crippen LogP contribution is -2.27. The summed E-state index contributed by atoms with van der Waals surface area (Å²) in [5, 5.41) is 3.09. The Hall–Kier alpha value is -0.810. The van der Waals surface area contributed by atoms with Crippen molar-refractivity contribution in [3.05, 3.63) is 35.4 Å². The number of nitrogens with one attached hydrogen (secondary N) is 1. The van der Waals surface area contributed by atoms with Crippen molar-refractivity contribution in [2.75, 3.05) is 12.8 Å². The summed E-state index contributed by atoms with van der Waals surface area (Å²) in [4.78, 5) is 0. The fourth-order valence-electron chi connectivity index (χ4n) is 1.19. The molecule has 0 fully saturated rings. The van der Waals surface area contributed by atoms with Crippen molar-refractivity contribution in [3.63, 3.8) is 0 Å². The first-order valence-electron chi connectivity index (χ1n) is 4.97. The Balaban J connectivity index is 2.43. The molecule has 0 aromatic heterocycles. The Labute approximate surface area is 96.5 Å². The molecule has 0 saturated carbocycles. The minimum atomic E-state index is -0.873. The normalized spacial score (nSPS) is 14.8. The third-order valence-electron chi connectivity index (χ3n) is 2.31. The Morgan fingerprint density at radius 2 is 2.06 bits per heavy atom. The maximum Gasteiger partial charge on any atom is 0.159 e. The number of rotatable bonds is 5. The standard InChI is InChI=1S/C11H15F2NOS/c1-8(16(2)15)6-14-7-9-3-4-10(12)11(13)5-9/h3-5,8,14H,6-7H2,1-2H3. The molecule has 2 atom stereocenters. The summed E-state index contributed by atoms with van der Waals surface area (Å²) in [5.41, 5.74) is 0.674. The summed E-state index contributed by atoms with van der Waals surface area (Å²) in [6, 6.07) is 3.79. The van der Waals surface area contributed by atoms with E-state index < -0.39 is 22.4 Å². The van der Waals surface area contributed by atoms with Crippen LogP contribution in [0.4, 0.5) is 8.78 Å². The van der Waals surface area contributed by atoms with Gasteiger partial charge >= 0.3 is 0 Å². The first-order chi connectivity index (χ1) is 7.50. The fourth-order valence-corrected chi connectivity index (χ4v) is 1.54. The summed E-state index contributed by atoms with van der Waals surface area (Å²) in [7, 11) is -0.873. The third kappa shape index (κ3) is 3.98. The second kappa shape index (κ2) is 6.06. The highest BCUT2D eigenvalue weighted by Crippen LogP contribution is 2.08. The van der Waals surface area contributed by atoms with Crippen LogP contribution in [-0.4, -0.2) is 22.3 Å². The highest BCUT2D eigenvalue weighted by molar-refractivity contribution is 7.84. The van der Waals surface area contributed by atoms with Crippen LogP contribution in [0.5, 0.6) is 0 Å². The van der Waals surface area contributed by atoms with Crippen LogP contribution < -0.4 is 5.32 Å². The van der Waals surface area contributed by atoms with Gasteiger partial charge in [-0.25, -0.2) is 8.78 Å². The van der Waals surface area contributed by atoms with E-state index in [0.29, 0.717) is 18.7 Å². The molecule has 1 N–H and O–H groups in total. The Morgan fingerprint density at radius 3 is 2.62 bits per heavy atom. The highest BCUT2D eigenvalue weighted by Gasteiger charge is 2.06. The minimum absolute atomic E-state index is 0.0466. The largest absolute Gasteiger partial charge is 0.311 e. The zero-order chi connectivity index (χ0) is 12.1. The van der Waals surface area contributed by atoms with Gasteiger partial charge < -0.3 is 5.32 Å². The number of hydrogen-bond donors (Lipinski definition) is 1. The second-order valence-corrected chi connectivity index (χ2v) is 5.49. The smallest absolute Gasteiger partial charge is 0.159 e. The lowest BCUT2D eigenvalue weighted by molar-refractivity contribution is 0.506. The molecule has 0 spiro atoms. The Bertz CT molecular complexity index is 384. The van der Waals surface area contributed by atoms with Crippen LogP contribution in [0, 0.1) is 11.6 Å². The molecule has 2 unspecified atom stereocenters. The van der Waals surface area contributed by atoms with Crippen LogP contribution in [-0.2, 0) is 17.3 Å². The Morgan fingerprint density at radius 1 is 1.38 bits per heavy atom. The van der Waals surface area contributed by atoms with E-state index in [1.807, 2.05) is 6.92 Å². The quantitative estimate of drug-likeness (QED) is 0.860. The molecule has 0 saturated heterocycles. The molecule has 5 heteroatoms. The van der Waals surface area contributed by atoms with E-state index in [-0.39, 0.29) is 5.25 Å². The molecular formula is C11H15F2NOS. The highest BCUT2D eigenvalue weighted by atomic mass is 32.2. The van der Waals surface area contributed by atoms with Crippen molar-refractivity contribution in [3.8, 4) is 0 Å². The van der Waals surface area contributed by atoms with Crippen molar-refractivity contribution < 1.29 is 13.0 Å². The number of hydrogen-bond acceptors (Lipinski definition) is 2. The lowest BCUT2D eigenvalue weighted by atomic mass is 10.2. The first kappa shape index (κ1) is 13.3. The van der Waals surface area contributed by atoms with Gasteiger partial charge in [-0.05, 0) is 24.6 Å². The van der Waals surface area contributed by atoms with Gasteiger partial charge in [-0.15, -0.1) is 0 Å². The van der Waals surface area contributed by atoms with Gasteiger partial charge in [0.05, 0.1) is 0 Å². The lowest BCUT2D eigenvalue weighted by Gasteiger charge is -2.09. The molecule has 1 rings (SSSR count). The topological polar surface area (TPSA) is 29.1 Å². The van der Waals surface area contributed by atoms with Crippen LogP contribution in [0.15, 0.2) is 18.2 Å². The van der Waals surface area contributed by atoms with Crippen molar-refractivity contribution >= 4 is 10.8 Å². The van der Waals surface area contributed by atoms with Crippen molar-refractivity contribution in [2.24, 2.45) is 0 Å². The molecule has 1 aromatic rings. The molecule has 0 amide bonds. The first-order valence-corrected chi connectivity index (χ1v) is 6.59. The van der Waals surface area contributed by atoms with Gasteiger partial charge in [0, 0.05) is 35.4 Å². The van der Waals surface area contributed by atoms with Crippen LogP contribution in [0.2, 0.25) is 0 Å². The average Bonchev–Trinajstić information content (AvgIpc) is 2.23. The van der Waals surface area contributed by atoms with Crippen LogP contribution >= 0.6 is 0 Å². The summed E-state index contributed by atoms with van der Waals surface area (Å²) in [6.45, 7) is 2.90. The van der Waals surface area contributed by atoms with E-state index in [9.17, 15) is 13.0 Å². The van der Waals surface area contributed by atoms with Gasteiger partial charge in [0.15, 0.2) is 11.6 Å². The molecule has 16 heavy (non-hydrogen) atoms. The monoisotopic (exact) mass is 247 g/mol. The molecule has 0 radical (unpaired) electrons.